The van der Waals surface area contributed by atoms with Crippen molar-refractivity contribution in [2.24, 2.45) is 5.41 Å². The van der Waals surface area contributed by atoms with E-state index in [2.05, 4.69) is 58.2 Å². The number of benzene rings is 1. The lowest BCUT2D eigenvalue weighted by atomic mass is 9.95. The van der Waals surface area contributed by atoms with Gasteiger partial charge in [-0.05, 0) is 66.4 Å². The maximum Gasteiger partial charge on any atom is 0.230 e. The number of rotatable bonds is 8. The van der Waals surface area contributed by atoms with Crippen LogP contribution in [0.2, 0.25) is 18.1 Å². The highest BCUT2D eigenvalue weighted by atomic mass is 28.4. The minimum absolute atomic E-state index is 0.0644. The lowest BCUT2D eigenvalue weighted by Crippen LogP contribution is -2.41. The van der Waals surface area contributed by atoms with E-state index in [1.165, 1.54) is 11.1 Å². The summed E-state index contributed by atoms with van der Waals surface area (Å²) in [7, 11) is -0.0949. The molecule has 0 saturated carbocycles. The van der Waals surface area contributed by atoms with Crippen LogP contribution in [0.3, 0.4) is 0 Å². The molecule has 33 heavy (non-hydrogen) atoms. The third-order valence-corrected chi connectivity index (χ3v) is 11.0. The summed E-state index contributed by atoms with van der Waals surface area (Å²) in [5.74, 6) is 1.26. The molecule has 0 bridgehead atoms. The smallest absolute Gasteiger partial charge is 0.230 e. The van der Waals surface area contributed by atoms with E-state index in [-0.39, 0.29) is 10.9 Å². The number of pyridine rings is 1. The van der Waals surface area contributed by atoms with Crippen molar-refractivity contribution >= 4 is 20.0 Å². The Morgan fingerprint density at radius 2 is 1.73 bits per heavy atom. The summed E-state index contributed by atoms with van der Waals surface area (Å²) in [5, 5.41) is 3.12. The highest BCUT2D eigenvalue weighted by molar-refractivity contribution is 6.74. The Bertz CT molecular complexity index is 972. The van der Waals surface area contributed by atoms with Gasteiger partial charge in [-0.3, -0.25) is 4.79 Å². The van der Waals surface area contributed by atoms with Crippen LogP contribution < -0.4 is 10.1 Å². The summed E-state index contributed by atoms with van der Waals surface area (Å²) in [4.78, 5) is 17.1. The molecule has 0 aliphatic heterocycles. The quantitative estimate of drug-likeness (QED) is 0.428. The van der Waals surface area contributed by atoms with Crippen molar-refractivity contribution < 1.29 is 14.0 Å². The van der Waals surface area contributed by atoms with E-state index in [1.807, 2.05) is 39.0 Å². The average molecular weight is 471 g/mol. The van der Waals surface area contributed by atoms with Gasteiger partial charge in [-0.2, -0.15) is 0 Å². The van der Waals surface area contributed by atoms with Gasteiger partial charge in [0.2, 0.25) is 5.91 Å². The average Bonchev–Trinajstić information content (AvgIpc) is 2.71. The molecular formula is C27H42N2O3Si. The Morgan fingerprint density at radius 3 is 2.27 bits per heavy atom. The Morgan fingerprint density at radius 1 is 1.06 bits per heavy atom. The van der Waals surface area contributed by atoms with Gasteiger partial charge in [-0.15, -0.1) is 0 Å². The zero-order valence-electron chi connectivity index (χ0n) is 22.2. The monoisotopic (exact) mass is 470 g/mol. The number of hydrogen-bond acceptors (Lipinski definition) is 4. The lowest BCUT2D eigenvalue weighted by Gasteiger charge is -2.36. The maximum absolute atomic E-state index is 12.4. The first-order chi connectivity index (χ1) is 15.2. The van der Waals surface area contributed by atoms with Gasteiger partial charge >= 0.3 is 0 Å². The summed E-state index contributed by atoms with van der Waals surface area (Å²) in [6, 6.07) is 9.95. The number of amides is 1. The number of aryl methyl sites for hydroxylation is 1. The van der Waals surface area contributed by atoms with Gasteiger partial charge in [0.25, 0.3) is 0 Å². The van der Waals surface area contributed by atoms with E-state index in [1.54, 1.807) is 7.11 Å². The molecule has 1 aromatic carbocycles. The van der Waals surface area contributed by atoms with E-state index < -0.39 is 13.7 Å². The molecule has 5 nitrogen and oxygen atoms in total. The molecule has 1 aromatic heterocycles. The van der Waals surface area contributed by atoms with Gasteiger partial charge in [0, 0.05) is 17.6 Å². The molecule has 0 aliphatic rings. The van der Waals surface area contributed by atoms with Gasteiger partial charge in [0.05, 0.1) is 12.8 Å². The number of methoxy groups -OCH3 is 1. The number of ether oxygens (including phenoxy) is 1. The second-order valence-electron chi connectivity index (χ2n) is 11.1. The Kier molecular flexibility index (Phi) is 8.52. The first-order valence-corrected chi connectivity index (χ1v) is 14.7. The van der Waals surface area contributed by atoms with Crippen LogP contribution >= 0.6 is 0 Å². The fraction of sp³-hybridized carbons (Fsp3) is 0.556. The second kappa shape index (κ2) is 10.4. The van der Waals surface area contributed by atoms with Crippen molar-refractivity contribution in [2.75, 3.05) is 19.0 Å². The van der Waals surface area contributed by atoms with Crippen LogP contribution in [0.4, 0.5) is 5.82 Å². The molecule has 1 N–H and O–H groups in total. The zero-order chi connectivity index (χ0) is 25.0. The van der Waals surface area contributed by atoms with E-state index in [4.69, 9.17) is 14.1 Å². The van der Waals surface area contributed by atoms with Crippen LogP contribution in [-0.2, 0) is 22.1 Å². The molecule has 0 unspecified atom stereocenters. The summed E-state index contributed by atoms with van der Waals surface area (Å²) in [6.45, 7) is 19.9. The second-order valence-corrected chi connectivity index (χ2v) is 16.0. The summed E-state index contributed by atoms with van der Waals surface area (Å²) in [5.41, 5.74) is 3.72. The van der Waals surface area contributed by atoms with Crippen LogP contribution in [0.15, 0.2) is 30.3 Å². The summed E-state index contributed by atoms with van der Waals surface area (Å²) in [6.07, 6.45) is 1.76. The van der Waals surface area contributed by atoms with Crippen molar-refractivity contribution in [3.8, 4) is 17.0 Å². The minimum Gasteiger partial charge on any atom is -0.496 e. The number of nitrogens with zero attached hydrogens (tertiary/aromatic N) is 1. The number of carbonyl (C=O) groups is 1. The van der Waals surface area contributed by atoms with Crippen molar-refractivity contribution in [1.82, 2.24) is 4.98 Å². The van der Waals surface area contributed by atoms with Crippen molar-refractivity contribution in [1.29, 1.82) is 0 Å². The number of carbonyl (C=O) groups excluding carboxylic acids is 1. The van der Waals surface area contributed by atoms with Crippen LogP contribution in [0.5, 0.6) is 5.75 Å². The minimum atomic E-state index is -1.78. The molecule has 0 saturated heterocycles. The van der Waals surface area contributed by atoms with Crippen LogP contribution in [0.1, 0.15) is 59.6 Å². The van der Waals surface area contributed by atoms with Crippen LogP contribution in [0, 0.1) is 5.41 Å². The fourth-order valence-corrected chi connectivity index (χ4v) is 4.23. The lowest BCUT2D eigenvalue weighted by molar-refractivity contribution is -0.123. The van der Waals surface area contributed by atoms with Crippen molar-refractivity contribution in [3.05, 3.63) is 41.5 Å². The molecule has 6 heteroatoms. The molecule has 0 aliphatic carbocycles. The normalized spacial score (nSPS) is 12.5. The molecular weight excluding hydrogens is 428 g/mol. The third-order valence-electron chi connectivity index (χ3n) is 6.49. The highest BCUT2D eigenvalue weighted by Crippen LogP contribution is 2.37. The SMILES string of the molecule is CCc1cc(-c2cccc(NC(=O)C(C)(C)C)n2)c(OC)cc1CCO[Si](C)(C)C(C)(C)C. The van der Waals surface area contributed by atoms with E-state index in [9.17, 15) is 4.79 Å². The van der Waals surface area contributed by atoms with Gasteiger partial charge in [-0.25, -0.2) is 4.98 Å². The largest absolute Gasteiger partial charge is 0.496 e. The van der Waals surface area contributed by atoms with E-state index in [0.29, 0.717) is 12.4 Å². The van der Waals surface area contributed by atoms with Crippen LogP contribution in [0.25, 0.3) is 11.3 Å². The molecule has 2 aromatic rings. The topological polar surface area (TPSA) is 60.5 Å². The molecule has 0 radical (unpaired) electrons. The summed E-state index contributed by atoms with van der Waals surface area (Å²) < 4.78 is 12.2. The predicted octanol–water partition coefficient (Wildman–Crippen LogP) is 6.87. The predicted molar refractivity (Wildman–Crippen MR) is 141 cm³/mol. The molecule has 0 atom stereocenters. The summed E-state index contributed by atoms with van der Waals surface area (Å²) >= 11 is 0. The van der Waals surface area contributed by atoms with Crippen LogP contribution in [-0.4, -0.2) is 32.9 Å². The zero-order valence-corrected chi connectivity index (χ0v) is 23.2. The standard InChI is InChI=1S/C27H42N2O3Si/c1-11-19-17-21(22-13-12-14-24(28-22)29-25(30)26(2,3)4)23(31-8)18-20(19)15-16-32-33(9,10)27(5,6)7/h12-14,17-18H,11,15-16H2,1-10H3,(H,28,29,30). The van der Waals surface area contributed by atoms with Crippen molar-refractivity contribution in [3.63, 3.8) is 0 Å². The Hall–Kier alpha value is -2.18. The molecule has 1 heterocycles. The molecule has 182 valence electrons. The number of anilines is 1. The van der Waals surface area contributed by atoms with Gasteiger partial charge < -0.3 is 14.5 Å². The van der Waals surface area contributed by atoms with Crippen molar-refractivity contribution in [2.45, 2.75) is 79.4 Å². The van der Waals surface area contributed by atoms with E-state index in [0.717, 1.165) is 29.8 Å². The molecule has 1 amide bonds. The number of hydrogen-bond donors (Lipinski definition) is 1. The Labute approximate surface area is 201 Å². The van der Waals surface area contributed by atoms with Gasteiger partial charge in [-0.1, -0.05) is 54.5 Å². The molecule has 2 rings (SSSR count). The molecule has 0 fully saturated rings. The maximum atomic E-state index is 12.4. The fourth-order valence-electron chi connectivity index (χ4n) is 3.19. The number of nitrogens with one attached hydrogen (secondary N) is 1. The molecule has 0 spiro atoms. The van der Waals surface area contributed by atoms with E-state index >= 15 is 0 Å². The first-order valence-electron chi connectivity index (χ1n) is 11.8. The van der Waals surface area contributed by atoms with Gasteiger partial charge in [0.15, 0.2) is 8.32 Å². The number of aromatic nitrogens is 1. The first kappa shape index (κ1) is 27.1. The highest BCUT2D eigenvalue weighted by Gasteiger charge is 2.36. The Balaban J connectivity index is 2.32. The van der Waals surface area contributed by atoms with Gasteiger partial charge in [0.1, 0.15) is 11.6 Å². The third kappa shape index (κ3) is 6.90.